The van der Waals surface area contributed by atoms with Crippen LogP contribution in [0.4, 0.5) is 0 Å². The maximum atomic E-state index is 6.14. The highest BCUT2D eigenvalue weighted by atomic mass is 79.9. The van der Waals surface area contributed by atoms with Crippen LogP contribution in [0.1, 0.15) is 26.3 Å². The van der Waals surface area contributed by atoms with Crippen LogP contribution in [0.25, 0.3) is 0 Å². The van der Waals surface area contributed by atoms with Crippen LogP contribution in [0, 0.1) is 0 Å². The second-order valence-corrected chi connectivity index (χ2v) is 5.55. The van der Waals surface area contributed by atoms with Gasteiger partial charge in [0.05, 0.1) is 5.02 Å². The molecule has 0 aliphatic heterocycles. The van der Waals surface area contributed by atoms with E-state index in [2.05, 4.69) is 42.0 Å². The summed E-state index contributed by atoms with van der Waals surface area (Å²) in [6, 6.07) is 5.98. The Kier molecular flexibility index (Phi) is 3.99. The molecule has 0 saturated heterocycles. The Bertz CT molecular complexity index is 318. The second-order valence-electron chi connectivity index (χ2n) is 4.32. The van der Waals surface area contributed by atoms with Crippen LogP contribution in [-0.4, -0.2) is 5.54 Å². The lowest BCUT2D eigenvalue weighted by atomic mass is 10.1. The molecule has 0 unspecified atom stereocenters. The fourth-order valence-corrected chi connectivity index (χ4v) is 1.65. The molecule has 0 atom stereocenters. The van der Waals surface area contributed by atoms with E-state index in [9.17, 15) is 0 Å². The van der Waals surface area contributed by atoms with Crippen molar-refractivity contribution in [3.05, 3.63) is 33.3 Å². The van der Waals surface area contributed by atoms with E-state index >= 15 is 0 Å². The predicted octanol–water partition coefficient (Wildman–Crippen LogP) is 3.99. The molecule has 0 aromatic heterocycles. The summed E-state index contributed by atoms with van der Waals surface area (Å²) in [5.41, 5.74) is 1.24. The van der Waals surface area contributed by atoms with Crippen LogP contribution in [-0.2, 0) is 6.54 Å². The van der Waals surface area contributed by atoms with E-state index in [0.29, 0.717) is 0 Å². The number of halogens is 2. The van der Waals surface area contributed by atoms with Crippen LogP contribution >= 0.6 is 27.5 Å². The number of nitrogens with one attached hydrogen (secondary N) is 1. The van der Waals surface area contributed by atoms with Crippen molar-refractivity contribution in [2.45, 2.75) is 32.9 Å². The van der Waals surface area contributed by atoms with Gasteiger partial charge in [-0.3, -0.25) is 0 Å². The Morgan fingerprint density at radius 2 is 2.00 bits per heavy atom. The summed E-state index contributed by atoms with van der Waals surface area (Å²) in [6.45, 7) is 7.21. The van der Waals surface area contributed by atoms with E-state index in [0.717, 1.165) is 21.6 Å². The van der Waals surface area contributed by atoms with Crippen molar-refractivity contribution in [2.24, 2.45) is 0 Å². The van der Waals surface area contributed by atoms with Crippen molar-refractivity contribution in [1.82, 2.24) is 5.32 Å². The van der Waals surface area contributed by atoms with Crippen molar-refractivity contribution < 1.29 is 0 Å². The van der Waals surface area contributed by atoms with E-state index < -0.39 is 0 Å². The van der Waals surface area contributed by atoms with Gasteiger partial charge in [-0.2, -0.15) is 0 Å². The van der Waals surface area contributed by atoms with Gasteiger partial charge in [-0.05, 0) is 48.3 Å². The molecule has 3 heteroatoms. The smallest absolute Gasteiger partial charge is 0.0592 e. The fraction of sp³-hybridized carbons (Fsp3) is 0.455. The molecule has 0 spiro atoms. The highest BCUT2D eigenvalue weighted by Crippen LogP contribution is 2.26. The minimum Gasteiger partial charge on any atom is -0.308 e. The average Bonchev–Trinajstić information content (AvgIpc) is 2.06. The molecule has 1 nitrogen and oxygen atoms in total. The van der Waals surface area contributed by atoms with E-state index in [1.165, 1.54) is 0 Å². The van der Waals surface area contributed by atoms with Crippen molar-refractivity contribution in [3.63, 3.8) is 0 Å². The predicted molar refractivity (Wildman–Crippen MR) is 65.7 cm³/mol. The molecular formula is C11H15BrClN. The van der Waals surface area contributed by atoms with Crippen LogP contribution in [0.2, 0.25) is 5.02 Å². The molecule has 1 N–H and O–H groups in total. The molecule has 0 fully saturated rings. The van der Waals surface area contributed by atoms with Gasteiger partial charge >= 0.3 is 0 Å². The molecule has 78 valence electrons. The summed E-state index contributed by atoms with van der Waals surface area (Å²) in [7, 11) is 0. The Labute approximate surface area is 99.0 Å². The number of rotatable bonds is 2. The molecule has 0 saturated carbocycles. The summed E-state index contributed by atoms with van der Waals surface area (Å²) < 4.78 is 0.951. The normalized spacial score (nSPS) is 11.8. The standard InChI is InChI=1S/C11H15BrClN/c1-11(2,3)14-7-8-5-4-6-9(12)10(8)13/h4-6,14H,7H2,1-3H3. The summed E-state index contributed by atoms with van der Waals surface area (Å²) >= 11 is 9.54. The van der Waals surface area contributed by atoms with Gasteiger partial charge < -0.3 is 5.32 Å². The topological polar surface area (TPSA) is 12.0 Å². The lowest BCUT2D eigenvalue weighted by Gasteiger charge is -2.21. The highest BCUT2D eigenvalue weighted by molar-refractivity contribution is 9.10. The van der Waals surface area contributed by atoms with E-state index in [1.54, 1.807) is 0 Å². The first kappa shape index (κ1) is 12.0. The third kappa shape index (κ3) is 3.60. The van der Waals surface area contributed by atoms with Crippen molar-refractivity contribution >= 4 is 27.5 Å². The van der Waals surface area contributed by atoms with Gasteiger partial charge in [0.1, 0.15) is 0 Å². The molecule has 0 aliphatic rings. The first-order chi connectivity index (χ1) is 6.40. The van der Waals surface area contributed by atoms with Gasteiger partial charge in [0.2, 0.25) is 0 Å². The van der Waals surface area contributed by atoms with E-state index in [1.807, 2.05) is 18.2 Å². The molecule has 0 bridgehead atoms. The molecule has 0 amide bonds. The Balaban J connectivity index is 2.73. The van der Waals surface area contributed by atoms with Crippen LogP contribution in [0.3, 0.4) is 0 Å². The molecule has 0 aliphatic carbocycles. The molecule has 1 rings (SSSR count). The van der Waals surface area contributed by atoms with E-state index in [-0.39, 0.29) is 5.54 Å². The van der Waals surface area contributed by atoms with Crippen molar-refractivity contribution in [3.8, 4) is 0 Å². The van der Waals surface area contributed by atoms with Crippen molar-refractivity contribution in [2.75, 3.05) is 0 Å². The zero-order valence-corrected chi connectivity index (χ0v) is 11.0. The summed E-state index contributed by atoms with van der Waals surface area (Å²) in [4.78, 5) is 0. The molecule has 0 radical (unpaired) electrons. The summed E-state index contributed by atoms with van der Waals surface area (Å²) in [6.07, 6.45) is 0. The Morgan fingerprint density at radius 3 is 2.57 bits per heavy atom. The fourth-order valence-electron chi connectivity index (χ4n) is 1.05. The molecule has 0 heterocycles. The number of benzene rings is 1. The quantitative estimate of drug-likeness (QED) is 0.861. The first-order valence-electron chi connectivity index (χ1n) is 4.58. The van der Waals surface area contributed by atoms with Gasteiger partial charge in [-0.15, -0.1) is 0 Å². The SMILES string of the molecule is CC(C)(C)NCc1cccc(Br)c1Cl. The zero-order chi connectivity index (χ0) is 10.8. The maximum Gasteiger partial charge on any atom is 0.0592 e. The van der Waals surface area contributed by atoms with Gasteiger partial charge in [-0.25, -0.2) is 0 Å². The summed E-state index contributed by atoms with van der Waals surface area (Å²) in [5.74, 6) is 0. The Morgan fingerprint density at radius 1 is 1.36 bits per heavy atom. The third-order valence-corrected chi connectivity index (χ3v) is 3.18. The minimum atomic E-state index is 0.117. The molecule has 1 aromatic carbocycles. The largest absolute Gasteiger partial charge is 0.308 e. The third-order valence-electron chi connectivity index (χ3n) is 1.84. The van der Waals surface area contributed by atoms with E-state index in [4.69, 9.17) is 11.6 Å². The molecular weight excluding hydrogens is 261 g/mol. The lowest BCUT2D eigenvalue weighted by molar-refractivity contribution is 0.424. The van der Waals surface area contributed by atoms with Crippen molar-refractivity contribution in [1.29, 1.82) is 0 Å². The van der Waals surface area contributed by atoms with Crippen LogP contribution in [0.5, 0.6) is 0 Å². The Hall–Kier alpha value is -0.0500. The monoisotopic (exact) mass is 275 g/mol. The zero-order valence-electron chi connectivity index (χ0n) is 8.70. The highest BCUT2D eigenvalue weighted by Gasteiger charge is 2.10. The molecule has 1 aromatic rings. The first-order valence-corrected chi connectivity index (χ1v) is 5.75. The van der Waals surface area contributed by atoms with Gasteiger partial charge in [0.15, 0.2) is 0 Å². The number of hydrogen-bond acceptors (Lipinski definition) is 1. The van der Waals surface area contributed by atoms with Gasteiger partial charge in [0, 0.05) is 16.6 Å². The second kappa shape index (κ2) is 4.65. The van der Waals surface area contributed by atoms with Gasteiger partial charge in [-0.1, -0.05) is 23.7 Å². The lowest BCUT2D eigenvalue weighted by Crippen LogP contribution is -2.35. The van der Waals surface area contributed by atoms with Gasteiger partial charge in [0.25, 0.3) is 0 Å². The van der Waals surface area contributed by atoms with Crippen LogP contribution < -0.4 is 5.32 Å². The summed E-state index contributed by atoms with van der Waals surface area (Å²) in [5, 5.41) is 4.20. The van der Waals surface area contributed by atoms with Crippen LogP contribution in [0.15, 0.2) is 22.7 Å². The number of hydrogen-bond donors (Lipinski definition) is 1. The average molecular weight is 277 g/mol. The minimum absolute atomic E-state index is 0.117. The maximum absolute atomic E-state index is 6.14. The molecule has 14 heavy (non-hydrogen) atoms.